The summed E-state index contributed by atoms with van der Waals surface area (Å²) in [5, 5.41) is 8.19. The molecule has 9 heteroatoms. The van der Waals surface area contributed by atoms with Crippen LogP contribution < -0.4 is 10.6 Å². The van der Waals surface area contributed by atoms with Gasteiger partial charge in [0.2, 0.25) is 17.7 Å². The lowest BCUT2D eigenvalue weighted by atomic mass is 9.91. The molecule has 8 nitrogen and oxygen atoms in total. The van der Waals surface area contributed by atoms with Gasteiger partial charge in [0.15, 0.2) is 5.13 Å². The molecule has 1 saturated heterocycles. The number of nitrogens with zero attached hydrogens (tertiary/aromatic N) is 3. The first-order chi connectivity index (χ1) is 14.5. The van der Waals surface area contributed by atoms with Crippen LogP contribution in [0.5, 0.6) is 0 Å². The Morgan fingerprint density at radius 3 is 2.48 bits per heavy atom. The number of rotatable bonds is 9. The Kier molecular flexibility index (Phi) is 9.00. The molecule has 0 saturated carbocycles. The second-order valence-electron chi connectivity index (χ2n) is 9.74. The Morgan fingerprint density at radius 2 is 1.90 bits per heavy atom. The molecule has 1 aliphatic rings. The fourth-order valence-corrected chi connectivity index (χ4v) is 4.45. The smallest absolute Gasteiger partial charge is 0.228 e. The van der Waals surface area contributed by atoms with Gasteiger partial charge < -0.3 is 20.4 Å². The molecule has 2 N–H and O–H groups in total. The lowest BCUT2D eigenvalue weighted by Crippen LogP contribution is -2.46. The molecule has 0 spiro atoms. The van der Waals surface area contributed by atoms with Gasteiger partial charge in [0, 0.05) is 43.4 Å². The van der Waals surface area contributed by atoms with Gasteiger partial charge in [-0.3, -0.25) is 14.4 Å². The molecular weight excluding hydrogens is 414 g/mol. The molecule has 0 unspecified atom stereocenters. The summed E-state index contributed by atoms with van der Waals surface area (Å²) in [5.74, 6) is -0.150. The summed E-state index contributed by atoms with van der Waals surface area (Å²) in [6.45, 7) is 10.6. The number of nitrogens with one attached hydrogen (secondary N) is 2. The minimum atomic E-state index is -0.119. The monoisotopic (exact) mass is 451 g/mol. The van der Waals surface area contributed by atoms with Crippen LogP contribution in [-0.4, -0.2) is 72.8 Å². The normalized spacial score (nSPS) is 15.4. The quantitative estimate of drug-likeness (QED) is 0.600. The van der Waals surface area contributed by atoms with Gasteiger partial charge in [-0.15, -0.1) is 11.3 Å². The lowest BCUT2D eigenvalue weighted by molar-refractivity contribution is -0.135. The first kappa shape index (κ1) is 25.3. The van der Waals surface area contributed by atoms with Crippen molar-refractivity contribution in [1.82, 2.24) is 20.1 Å². The van der Waals surface area contributed by atoms with E-state index in [1.807, 2.05) is 38.2 Å². The second kappa shape index (κ2) is 11.0. The van der Waals surface area contributed by atoms with Gasteiger partial charge in [-0.1, -0.05) is 27.7 Å². The predicted octanol–water partition coefficient (Wildman–Crippen LogP) is 2.22. The fraction of sp³-hybridized carbons (Fsp3) is 0.727. The van der Waals surface area contributed by atoms with Crippen LogP contribution in [0.4, 0.5) is 5.13 Å². The minimum Gasteiger partial charge on any atom is -0.355 e. The number of thiazole rings is 1. The van der Waals surface area contributed by atoms with E-state index in [0.29, 0.717) is 43.3 Å². The summed E-state index contributed by atoms with van der Waals surface area (Å²) in [6.07, 6.45) is 1.57. The minimum absolute atomic E-state index is 0.0108. The van der Waals surface area contributed by atoms with E-state index in [1.165, 1.54) is 11.3 Å². The van der Waals surface area contributed by atoms with Crippen LogP contribution in [0, 0.1) is 17.3 Å². The Morgan fingerprint density at radius 1 is 1.26 bits per heavy atom. The first-order valence-corrected chi connectivity index (χ1v) is 11.8. The highest BCUT2D eigenvalue weighted by molar-refractivity contribution is 7.13. The van der Waals surface area contributed by atoms with Crippen LogP contribution in [0.1, 0.15) is 46.2 Å². The van der Waals surface area contributed by atoms with Crippen LogP contribution >= 0.6 is 11.3 Å². The van der Waals surface area contributed by atoms with Crippen LogP contribution in [0.3, 0.4) is 0 Å². The number of carbonyl (C=O) groups is 3. The van der Waals surface area contributed by atoms with Crippen molar-refractivity contribution in [3.63, 3.8) is 0 Å². The summed E-state index contributed by atoms with van der Waals surface area (Å²) >= 11 is 1.33. The third kappa shape index (κ3) is 8.22. The molecule has 0 aromatic carbocycles. The Labute approximate surface area is 189 Å². The Balaban J connectivity index is 1.77. The SMILES string of the molecule is CC(C)C(=O)Nc1nc(CC(=O)N2CCC(C(=O)NCC(C)(C)CN(C)C)CC2)cs1. The van der Waals surface area contributed by atoms with Crippen molar-refractivity contribution in [3.05, 3.63) is 11.1 Å². The fourth-order valence-electron chi connectivity index (χ4n) is 3.74. The van der Waals surface area contributed by atoms with Crippen molar-refractivity contribution in [1.29, 1.82) is 0 Å². The number of amides is 3. The number of hydrogen-bond acceptors (Lipinski definition) is 6. The molecule has 2 heterocycles. The molecule has 3 amide bonds. The van der Waals surface area contributed by atoms with Gasteiger partial charge in [-0.2, -0.15) is 0 Å². The second-order valence-corrected chi connectivity index (χ2v) is 10.6. The van der Waals surface area contributed by atoms with E-state index in [-0.39, 0.29) is 41.4 Å². The molecule has 1 aliphatic heterocycles. The average Bonchev–Trinajstić information content (AvgIpc) is 3.11. The summed E-state index contributed by atoms with van der Waals surface area (Å²) < 4.78 is 0. The van der Waals surface area contributed by atoms with Crippen LogP contribution in [0.25, 0.3) is 0 Å². The van der Waals surface area contributed by atoms with Crippen LogP contribution in [0.15, 0.2) is 5.38 Å². The lowest BCUT2D eigenvalue weighted by Gasteiger charge is -2.33. The van der Waals surface area contributed by atoms with E-state index in [9.17, 15) is 14.4 Å². The number of anilines is 1. The largest absolute Gasteiger partial charge is 0.355 e. The van der Waals surface area contributed by atoms with Crippen LogP contribution in [0.2, 0.25) is 0 Å². The zero-order valence-electron chi connectivity index (χ0n) is 19.7. The maximum Gasteiger partial charge on any atom is 0.228 e. The molecule has 31 heavy (non-hydrogen) atoms. The highest BCUT2D eigenvalue weighted by atomic mass is 32.1. The van der Waals surface area contributed by atoms with E-state index in [1.54, 1.807) is 0 Å². The summed E-state index contributed by atoms with van der Waals surface area (Å²) in [6, 6.07) is 0. The highest BCUT2D eigenvalue weighted by Gasteiger charge is 2.29. The number of aromatic nitrogens is 1. The number of likely N-dealkylation sites (tertiary alicyclic amines) is 1. The van der Waals surface area contributed by atoms with E-state index >= 15 is 0 Å². The predicted molar refractivity (Wildman–Crippen MR) is 124 cm³/mol. The molecule has 1 aromatic rings. The number of carbonyl (C=O) groups excluding carboxylic acids is 3. The third-order valence-electron chi connectivity index (χ3n) is 5.34. The molecule has 2 rings (SSSR count). The number of hydrogen-bond donors (Lipinski definition) is 2. The topological polar surface area (TPSA) is 94.6 Å². The van der Waals surface area contributed by atoms with Gasteiger partial charge in [-0.05, 0) is 32.4 Å². The molecular formula is C22H37N5O3S. The maximum atomic E-state index is 12.6. The van der Waals surface area contributed by atoms with E-state index in [0.717, 1.165) is 6.54 Å². The van der Waals surface area contributed by atoms with Crippen molar-refractivity contribution in [2.75, 3.05) is 45.6 Å². The summed E-state index contributed by atoms with van der Waals surface area (Å²) in [7, 11) is 4.06. The van der Waals surface area contributed by atoms with Crippen molar-refractivity contribution < 1.29 is 14.4 Å². The van der Waals surface area contributed by atoms with Gasteiger partial charge >= 0.3 is 0 Å². The first-order valence-electron chi connectivity index (χ1n) is 10.9. The molecule has 0 aliphatic carbocycles. The van der Waals surface area contributed by atoms with Crippen molar-refractivity contribution in [3.8, 4) is 0 Å². The zero-order valence-corrected chi connectivity index (χ0v) is 20.5. The van der Waals surface area contributed by atoms with Gasteiger partial charge in [-0.25, -0.2) is 4.98 Å². The Hall–Kier alpha value is -2.00. The highest BCUT2D eigenvalue weighted by Crippen LogP contribution is 2.21. The van der Waals surface area contributed by atoms with Crippen molar-refractivity contribution in [2.24, 2.45) is 17.3 Å². The average molecular weight is 452 g/mol. The third-order valence-corrected chi connectivity index (χ3v) is 6.15. The van der Waals surface area contributed by atoms with Gasteiger partial charge in [0.1, 0.15) is 0 Å². The van der Waals surface area contributed by atoms with Gasteiger partial charge in [0.05, 0.1) is 12.1 Å². The van der Waals surface area contributed by atoms with E-state index in [4.69, 9.17) is 0 Å². The van der Waals surface area contributed by atoms with E-state index < -0.39 is 0 Å². The maximum absolute atomic E-state index is 12.6. The molecule has 0 radical (unpaired) electrons. The molecule has 0 atom stereocenters. The molecule has 174 valence electrons. The zero-order chi connectivity index (χ0) is 23.2. The number of piperidine rings is 1. The Bertz CT molecular complexity index is 767. The van der Waals surface area contributed by atoms with E-state index in [2.05, 4.69) is 34.4 Å². The van der Waals surface area contributed by atoms with Crippen LogP contribution in [-0.2, 0) is 20.8 Å². The molecule has 0 bridgehead atoms. The summed E-state index contributed by atoms with van der Waals surface area (Å²) in [5.41, 5.74) is 0.675. The molecule has 1 aromatic heterocycles. The van der Waals surface area contributed by atoms with Crippen molar-refractivity contribution >= 4 is 34.2 Å². The van der Waals surface area contributed by atoms with Gasteiger partial charge in [0.25, 0.3) is 0 Å². The van der Waals surface area contributed by atoms with Crippen molar-refractivity contribution in [2.45, 2.75) is 47.0 Å². The summed E-state index contributed by atoms with van der Waals surface area (Å²) in [4.78, 5) is 45.3. The molecule has 1 fully saturated rings. The standard InChI is InChI=1S/C22H37N5O3S/c1-15(2)19(29)25-21-24-17(12-31-21)11-18(28)27-9-7-16(8-10-27)20(30)23-13-22(3,4)14-26(5)6/h12,15-16H,7-11,13-14H2,1-6H3,(H,23,30)(H,24,25,29).